The van der Waals surface area contributed by atoms with Gasteiger partial charge in [0.25, 0.3) is 0 Å². The molecule has 4 nitrogen and oxygen atoms in total. The molecule has 8 aromatic rings. The maximum absolute atomic E-state index is 10.6. The normalized spacial score (nSPS) is 10.2. The molecule has 0 saturated heterocycles. The molecule has 2 amide bonds. The summed E-state index contributed by atoms with van der Waals surface area (Å²) in [5, 5.41) is 10.1. The van der Waals surface area contributed by atoms with Gasteiger partial charge in [-0.25, -0.2) is 0 Å². The third-order valence-corrected chi connectivity index (χ3v) is 10.2. The van der Waals surface area contributed by atoms with E-state index in [1.54, 1.807) is 13.8 Å². The third-order valence-electron chi connectivity index (χ3n) is 10.2. The fraction of sp³-hybridized carbons (Fsp3) is 0.154. The Morgan fingerprint density at radius 1 is 0.500 bits per heavy atom. The van der Waals surface area contributed by atoms with Gasteiger partial charge in [0.2, 0.25) is 11.8 Å². The van der Waals surface area contributed by atoms with Crippen molar-refractivity contribution in [1.29, 1.82) is 0 Å². The first kappa shape index (κ1) is 46.1. The Balaban J connectivity index is 0.000000175. The first-order valence-corrected chi connectivity index (χ1v) is 26.7. The zero-order valence-electron chi connectivity index (χ0n) is 34.6. The van der Waals surface area contributed by atoms with E-state index in [9.17, 15) is 9.59 Å². The van der Waals surface area contributed by atoms with Crippen molar-refractivity contribution in [2.24, 2.45) is 0 Å². The van der Waals surface area contributed by atoms with Crippen molar-refractivity contribution in [3.63, 3.8) is 0 Å². The van der Waals surface area contributed by atoms with Crippen LogP contribution in [-0.2, 0) is 43.3 Å². The average Bonchev–Trinajstić information content (AvgIpc) is 3.96. The summed E-state index contributed by atoms with van der Waals surface area (Å²) in [6.45, 7) is 7.92. The maximum atomic E-state index is 10.6. The Kier molecular flexibility index (Phi) is 18.7. The van der Waals surface area contributed by atoms with Crippen LogP contribution in [0.5, 0.6) is 0 Å². The van der Waals surface area contributed by atoms with Gasteiger partial charge in [0, 0.05) is 12.8 Å². The van der Waals surface area contributed by atoms with Crippen LogP contribution in [-0.4, -0.2) is 19.4 Å². The molecule has 0 spiro atoms. The fourth-order valence-corrected chi connectivity index (χ4v) is 7.12. The molecule has 0 heterocycles. The van der Waals surface area contributed by atoms with Gasteiger partial charge in [0.15, 0.2) is 0 Å². The summed E-state index contributed by atoms with van der Waals surface area (Å²) in [6, 6.07) is 61.2. The van der Waals surface area contributed by atoms with Crippen molar-refractivity contribution in [1.82, 2.24) is 10.5 Å². The molecule has 8 heteroatoms. The van der Waals surface area contributed by atoms with Gasteiger partial charge in [-0.05, 0) is 35.1 Å². The van der Waals surface area contributed by atoms with E-state index in [4.69, 9.17) is 17.0 Å². The van der Waals surface area contributed by atoms with Crippen LogP contribution in [0.4, 0.5) is 0 Å². The van der Waals surface area contributed by atoms with Gasteiger partial charge in [-0.3, -0.25) is 9.59 Å². The molecule has 0 fully saturated rings. The van der Waals surface area contributed by atoms with Gasteiger partial charge in [-0.1, -0.05) is 183 Å². The molecule has 0 aliphatic carbocycles. The molecule has 0 unspecified atom stereocenters. The molecule has 0 aliphatic rings. The van der Waals surface area contributed by atoms with Gasteiger partial charge in [0.1, 0.15) is 0 Å². The molecule has 1 radical (unpaired) electrons. The summed E-state index contributed by atoms with van der Waals surface area (Å²) in [5.74, 6) is -0.220. The van der Waals surface area contributed by atoms with Crippen molar-refractivity contribution < 1.29 is 30.4 Å². The van der Waals surface area contributed by atoms with Gasteiger partial charge in [0.05, 0.1) is 0 Å². The number of hydrogen-bond donors (Lipinski definition) is 2. The van der Waals surface area contributed by atoms with Crippen LogP contribution in [0.2, 0.25) is 0 Å². The molecule has 0 aliphatic heterocycles. The van der Waals surface area contributed by atoms with E-state index < -0.39 is 20.8 Å². The van der Waals surface area contributed by atoms with Crippen molar-refractivity contribution in [3.8, 4) is 44.5 Å². The van der Waals surface area contributed by atoms with E-state index in [2.05, 4.69) is 194 Å². The summed E-state index contributed by atoms with van der Waals surface area (Å²) in [7, 11) is 11.1. The molecular formula is C52H50BCl2N2O2Zr. The molecule has 2 N–H and O–H groups in total. The number of carbonyl (C=O) groups is 2. The number of benzene rings is 6. The summed E-state index contributed by atoms with van der Waals surface area (Å²) >= 11 is -0.826. The summed E-state index contributed by atoms with van der Waals surface area (Å²) in [4.78, 5) is 21.2. The Morgan fingerprint density at radius 2 is 0.850 bits per heavy atom. The number of nitrogens with one attached hydrogen (secondary N) is 2. The minimum atomic E-state index is -0.826. The number of rotatable bonds is 10. The van der Waals surface area contributed by atoms with Crippen LogP contribution in [0.25, 0.3) is 66.1 Å². The van der Waals surface area contributed by atoms with Gasteiger partial charge in [-0.15, -0.1) is 69.1 Å². The quantitative estimate of drug-likeness (QED) is 0.106. The Morgan fingerprint density at radius 3 is 1.22 bits per heavy atom. The average molecular weight is 908 g/mol. The van der Waals surface area contributed by atoms with E-state index in [0.29, 0.717) is 12.8 Å². The number of aryl methyl sites for hydroxylation is 2. The Hall–Kier alpha value is -4.99. The molecular weight excluding hydrogens is 858 g/mol. The van der Waals surface area contributed by atoms with Gasteiger partial charge in [-0.2, -0.15) is 0 Å². The van der Waals surface area contributed by atoms with Crippen LogP contribution in [0, 0.1) is 0 Å². The number of halogens is 2. The standard InChI is InChI=1S/2C23H19.C6H12BN2O2.2ClH.Zr/c2*1-2-17-9-6-7-13-21(17)22-14-8-12-19-15-20(16-23(19)22)18-10-4-3-5-11-18;1-3-5(10)8-7-9-6(11)4-2;;;/h2*3-16H,2H2,1H3;3-4H2,1-2H3,(H,8,10)(H,9,11);2*1H;/q2*-1;;;;+4/p-2. The number of fused-ring (bicyclic) bond motifs is 2. The van der Waals surface area contributed by atoms with Gasteiger partial charge < -0.3 is 10.5 Å². The second-order valence-corrected chi connectivity index (χ2v) is 17.6. The number of amides is 2. The molecule has 0 bridgehead atoms. The van der Waals surface area contributed by atoms with Crippen LogP contribution >= 0.6 is 17.0 Å². The van der Waals surface area contributed by atoms with Crippen molar-refractivity contribution >= 4 is 57.9 Å². The molecule has 0 saturated carbocycles. The first-order chi connectivity index (χ1) is 29.3. The van der Waals surface area contributed by atoms with E-state index in [1.807, 2.05) is 0 Å². The molecule has 8 aromatic carbocycles. The number of carbonyl (C=O) groups excluding carboxylic acids is 2. The molecule has 8 rings (SSSR count). The zero-order chi connectivity index (χ0) is 42.7. The second-order valence-electron chi connectivity index (χ2n) is 13.9. The zero-order valence-corrected chi connectivity index (χ0v) is 38.6. The van der Waals surface area contributed by atoms with E-state index >= 15 is 0 Å². The Labute approximate surface area is 375 Å². The summed E-state index contributed by atoms with van der Waals surface area (Å²) < 4.78 is 0. The predicted molar refractivity (Wildman–Crippen MR) is 254 cm³/mol. The van der Waals surface area contributed by atoms with Crippen LogP contribution in [0.3, 0.4) is 0 Å². The summed E-state index contributed by atoms with van der Waals surface area (Å²) in [6.07, 6.45) is 2.94. The fourth-order valence-electron chi connectivity index (χ4n) is 7.12. The minimum absolute atomic E-state index is 0.110. The Bertz CT molecular complexity index is 2390. The monoisotopic (exact) mass is 905 g/mol. The molecule has 0 aromatic heterocycles. The van der Waals surface area contributed by atoms with E-state index in [-0.39, 0.29) is 11.8 Å². The van der Waals surface area contributed by atoms with Crippen molar-refractivity contribution in [3.05, 3.63) is 181 Å². The summed E-state index contributed by atoms with van der Waals surface area (Å²) in [5.41, 5.74) is 13.3. The molecule has 301 valence electrons. The third kappa shape index (κ3) is 12.5. The first-order valence-electron chi connectivity index (χ1n) is 20.4. The van der Waals surface area contributed by atoms with Crippen LogP contribution in [0.1, 0.15) is 51.7 Å². The molecule has 0 atom stereocenters. The topological polar surface area (TPSA) is 58.2 Å². The predicted octanol–water partition coefficient (Wildman–Crippen LogP) is 13.9. The van der Waals surface area contributed by atoms with Crippen LogP contribution in [0.15, 0.2) is 170 Å². The van der Waals surface area contributed by atoms with E-state index in [0.717, 1.165) is 12.8 Å². The van der Waals surface area contributed by atoms with Crippen LogP contribution < -0.4 is 10.5 Å². The number of hydrogen-bond acceptors (Lipinski definition) is 2. The van der Waals surface area contributed by atoms with Crippen molar-refractivity contribution in [2.75, 3.05) is 0 Å². The SMILES string of the molecule is CCC(=O)N[B]NC(=O)CC.CCc1ccccc1-c1cccc2[cH-]c(-c3ccccc3)cc12.CCc1ccccc1-c1cccc2[cH-]c(-c3ccccc3)cc12.[Cl][Zr+2][Cl]. The van der Waals surface area contributed by atoms with Crippen molar-refractivity contribution in [2.45, 2.75) is 53.4 Å². The molecule has 60 heavy (non-hydrogen) atoms. The second kappa shape index (κ2) is 24.3. The van der Waals surface area contributed by atoms with E-state index in [1.165, 1.54) is 84.7 Å². The van der Waals surface area contributed by atoms with Gasteiger partial charge >= 0.3 is 45.4 Å².